The van der Waals surface area contributed by atoms with Crippen molar-refractivity contribution in [1.82, 2.24) is 4.90 Å². The van der Waals surface area contributed by atoms with Crippen molar-refractivity contribution >= 4 is 29.3 Å². The van der Waals surface area contributed by atoms with Crippen LogP contribution in [-0.4, -0.2) is 29.7 Å². The van der Waals surface area contributed by atoms with Gasteiger partial charge in [0.1, 0.15) is 11.1 Å². The maximum absolute atomic E-state index is 13.0. The molecule has 5 heteroatoms. The Hall–Kier alpha value is -1.65. The van der Waals surface area contributed by atoms with Crippen LogP contribution in [0.25, 0.3) is 0 Å². The van der Waals surface area contributed by atoms with Crippen molar-refractivity contribution in [2.45, 2.75) is 31.6 Å². The van der Waals surface area contributed by atoms with Crippen molar-refractivity contribution in [3.8, 4) is 5.75 Å². The molecule has 0 aromatic heterocycles. The maximum Gasteiger partial charge on any atom is 0.255 e. The zero-order valence-corrected chi connectivity index (χ0v) is 16.6. The van der Waals surface area contributed by atoms with Crippen molar-refractivity contribution in [3.05, 3.63) is 64.7 Å². The van der Waals surface area contributed by atoms with E-state index in [0.29, 0.717) is 10.6 Å². The fraction of sp³-hybridized carbons (Fsp3) is 0.381. The van der Waals surface area contributed by atoms with Crippen LogP contribution in [0.5, 0.6) is 5.75 Å². The average Bonchev–Trinajstić information content (AvgIpc) is 3.15. The fourth-order valence-electron chi connectivity index (χ4n) is 2.98. The molecular weight excluding hydrogens is 366 g/mol. The minimum Gasteiger partial charge on any atom is -0.494 e. The molecule has 1 aliphatic heterocycles. The van der Waals surface area contributed by atoms with E-state index in [-0.39, 0.29) is 11.3 Å². The Morgan fingerprint density at radius 3 is 2.58 bits per heavy atom. The molecule has 1 unspecified atom stereocenters. The van der Waals surface area contributed by atoms with Crippen LogP contribution < -0.4 is 4.74 Å². The molecule has 1 amide bonds. The van der Waals surface area contributed by atoms with E-state index in [1.165, 1.54) is 12.8 Å². The van der Waals surface area contributed by atoms with Crippen molar-refractivity contribution in [1.29, 1.82) is 0 Å². The summed E-state index contributed by atoms with van der Waals surface area (Å²) in [7, 11) is 0. The molecule has 0 spiro atoms. The summed E-state index contributed by atoms with van der Waals surface area (Å²) in [6.07, 6.45) is 3.42. The molecule has 26 heavy (non-hydrogen) atoms. The van der Waals surface area contributed by atoms with Gasteiger partial charge in [-0.15, -0.1) is 11.8 Å². The molecule has 1 fully saturated rings. The van der Waals surface area contributed by atoms with Gasteiger partial charge in [0.25, 0.3) is 5.91 Å². The highest BCUT2D eigenvalue weighted by Gasteiger charge is 2.31. The molecule has 3 rings (SSSR count). The van der Waals surface area contributed by atoms with Crippen LogP contribution >= 0.6 is 23.4 Å². The predicted octanol–water partition coefficient (Wildman–Crippen LogP) is 5.80. The van der Waals surface area contributed by atoms with Crippen LogP contribution in [0.15, 0.2) is 48.5 Å². The Balaban J connectivity index is 1.65. The van der Waals surface area contributed by atoms with Crippen molar-refractivity contribution in [2.75, 3.05) is 18.9 Å². The van der Waals surface area contributed by atoms with Gasteiger partial charge in [-0.1, -0.05) is 43.5 Å². The highest BCUT2D eigenvalue weighted by molar-refractivity contribution is 7.99. The summed E-state index contributed by atoms with van der Waals surface area (Å²) in [6, 6.07) is 15.3. The lowest BCUT2D eigenvalue weighted by molar-refractivity contribution is 0.0760. The Morgan fingerprint density at radius 1 is 1.15 bits per heavy atom. The number of unbranched alkanes of at least 4 members (excludes halogenated alkanes) is 2. The third-order valence-corrected chi connectivity index (χ3v) is 5.94. The van der Waals surface area contributed by atoms with E-state index >= 15 is 0 Å². The highest BCUT2D eigenvalue weighted by atomic mass is 35.5. The molecule has 138 valence electrons. The first kappa shape index (κ1) is 19.1. The predicted molar refractivity (Wildman–Crippen MR) is 109 cm³/mol. The number of carbonyl (C=O) groups excluding carboxylic acids is 1. The van der Waals surface area contributed by atoms with Crippen molar-refractivity contribution < 1.29 is 9.53 Å². The quantitative estimate of drug-likeness (QED) is 0.560. The van der Waals surface area contributed by atoms with Crippen molar-refractivity contribution in [3.63, 3.8) is 0 Å². The first-order valence-corrected chi connectivity index (χ1v) is 10.5. The molecule has 0 radical (unpaired) electrons. The third-order valence-electron chi connectivity index (χ3n) is 4.42. The van der Waals surface area contributed by atoms with Crippen LogP contribution in [-0.2, 0) is 0 Å². The standard InChI is InChI=1S/C21H24ClNO2S/c1-2-3-4-14-25-19-11-7-16(8-12-19)20(24)23-13-15-26-21(23)17-5-9-18(22)10-6-17/h5-12,21H,2-4,13-15H2,1H3. The van der Waals surface area contributed by atoms with Crippen LogP contribution in [0.1, 0.15) is 47.5 Å². The number of rotatable bonds is 7. The van der Waals surface area contributed by atoms with Gasteiger partial charge in [0.2, 0.25) is 0 Å². The van der Waals surface area contributed by atoms with Crippen LogP contribution in [0.2, 0.25) is 5.02 Å². The summed E-state index contributed by atoms with van der Waals surface area (Å²) in [5, 5.41) is 0.758. The van der Waals surface area contributed by atoms with Gasteiger partial charge in [-0.3, -0.25) is 4.79 Å². The van der Waals surface area contributed by atoms with Gasteiger partial charge in [0, 0.05) is 22.9 Å². The van der Waals surface area contributed by atoms with Gasteiger partial charge in [-0.2, -0.15) is 0 Å². The maximum atomic E-state index is 13.0. The molecule has 1 saturated heterocycles. The molecule has 0 saturated carbocycles. The molecule has 0 N–H and O–H groups in total. The van der Waals surface area contributed by atoms with Crippen LogP contribution in [0.3, 0.4) is 0 Å². The SMILES string of the molecule is CCCCCOc1ccc(C(=O)N2CCSC2c2ccc(Cl)cc2)cc1. The lowest BCUT2D eigenvalue weighted by Crippen LogP contribution is -2.30. The number of carbonyl (C=O) groups is 1. The van der Waals surface area contributed by atoms with E-state index in [0.717, 1.165) is 36.6 Å². The second-order valence-corrected chi connectivity index (χ2v) is 7.98. The average molecular weight is 390 g/mol. The Bertz CT molecular complexity index is 718. The number of amides is 1. The minimum atomic E-state index is 0.0461. The number of hydrogen-bond donors (Lipinski definition) is 0. The Labute approximate surface area is 164 Å². The summed E-state index contributed by atoms with van der Waals surface area (Å²) >= 11 is 7.77. The minimum absolute atomic E-state index is 0.0461. The molecule has 0 aliphatic carbocycles. The number of halogens is 1. The highest BCUT2D eigenvalue weighted by Crippen LogP contribution is 2.39. The van der Waals surface area contributed by atoms with E-state index in [2.05, 4.69) is 6.92 Å². The lowest BCUT2D eigenvalue weighted by atomic mass is 10.1. The van der Waals surface area contributed by atoms with Gasteiger partial charge in [-0.25, -0.2) is 0 Å². The van der Waals surface area contributed by atoms with Gasteiger partial charge in [0.15, 0.2) is 0 Å². The van der Waals surface area contributed by atoms with Gasteiger partial charge in [-0.05, 0) is 48.4 Å². The van der Waals surface area contributed by atoms with Crippen molar-refractivity contribution in [2.24, 2.45) is 0 Å². The molecule has 1 heterocycles. The Morgan fingerprint density at radius 2 is 1.88 bits per heavy atom. The summed E-state index contributed by atoms with van der Waals surface area (Å²) < 4.78 is 5.73. The second-order valence-electron chi connectivity index (χ2n) is 6.35. The second kappa shape index (κ2) is 9.33. The van der Waals surface area contributed by atoms with Crippen LogP contribution in [0, 0.1) is 0 Å². The van der Waals surface area contributed by atoms with E-state index in [1.54, 1.807) is 11.8 Å². The normalized spacial score (nSPS) is 16.7. The number of ether oxygens (including phenoxy) is 1. The smallest absolute Gasteiger partial charge is 0.255 e. The topological polar surface area (TPSA) is 29.5 Å². The summed E-state index contributed by atoms with van der Waals surface area (Å²) in [5.41, 5.74) is 1.81. The zero-order valence-electron chi connectivity index (χ0n) is 15.0. The Kier molecular flexibility index (Phi) is 6.86. The first-order valence-electron chi connectivity index (χ1n) is 9.10. The summed E-state index contributed by atoms with van der Waals surface area (Å²) in [4.78, 5) is 14.9. The molecule has 0 bridgehead atoms. The van der Waals surface area contributed by atoms with Gasteiger partial charge < -0.3 is 9.64 Å². The third kappa shape index (κ3) is 4.74. The zero-order chi connectivity index (χ0) is 18.4. The van der Waals surface area contributed by atoms with E-state index in [9.17, 15) is 4.79 Å². The number of hydrogen-bond acceptors (Lipinski definition) is 3. The van der Waals surface area contributed by atoms with E-state index < -0.39 is 0 Å². The lowest BCUT2D eigenvalue weighted by Gasteiger charge is -2.24. The largest absolute Gasteiger partial charge is 0.494 e. The molecule has 1 aliphatic rings. The first-order chi connectivity index (χ1) is 12.7. The van der Waals surface area contributed by atoms with Crippen LogP contribution in [0.4, 0.5) is 0 Å². The van der Waals surface area contributed by atoms with Gasteiger partial charge >= 0.3 is 0 Å². The molecule has 3 nitrogen and oxygen atoms in total. The summed E-state index contributed by atoms with van der Waals surface area (Å²) in [6.45, 7) is 3.66. The fourth-order valence-corrected chi connectivity index (χ4v) is 4.37. The number of benzene rings is 2. The monoisotopic (exact) mass is 389 g/mol. The summed E-state index contributed by atoms with van der Waals surface area (Å²) in [5.74, 6) is 1.83. The molecule has 2 aromatic carbocycles. The van der Waals surface area contributed by atoms with Gasteiger partial charge in [0.05, 0.1) is 6.61 Å². The molecule has 2 aromatic rings. The number of thioether (sulfide) groups is 1. The van der Waals surface area contributed by atoms with E-state index in [1.807, 2.05) is 53.4 Å². The number of nitrogens with zero attached hydrogens (tertiary/aromatic N) is 1. The van der Waals surface area contributed by atoms with E-state index in [4.69, 9.17) is 16.3 Å². The molecular formula is C21H24ClNO2S. The molecule has 1 atom stereocenters.